The van der Waals surface area contributed by atoms with Crippen LogP contribution in [0.5, 0.6) is 0 Å². The Labute approximate surface area is 151 Å². The molecule has 4 rings (SSSR count). The molecule has 0 bridgehead atoms. The van der Waals surface area contributed by atoms with Gasteiger partial charge in [-0.3, -0.25) is 4.98 Å². The smallest absolute Gasteiger partial charge is 0.368 e. The Hall–Kier alpha value is -2.47. The SMILES string of the molecule is O=S(=O)(CC(F)(F)F)NC1CCN(c2cncc3nnc4[nH]ccc4c23)C1. The van der Waals surface area contributed by atoms with E-state index in [0.29, 0.717) is 24.1 Å². The van der Waals surface area contributed by atoms with Crippen LogP contribution in [-0.4, -0.2) is 59.6 Å². The number of aromatic amines is 1. The molecule has 144 valence electrons. The first-order valence-electron chi connectivity index (χ1n) is 8.11. The summed E-state index contributed by atoms with van der Waals surface area (Å²) in [5.74, 6) is -1.88. The molecule has 0 aliphatic carbocycles. The molecule has 0 aromatic carbocycles. The zero-order valence-corrected chi connectivity index (χ0v) is 14.7. The highest BCUT2D eigenvalue weighted by molar-refractivity contribution is 7.89. The van der Waals surface area contributed by atoms with Gasteiger partial charge < -0.3 is 9.88 Å². The van der Waals surface area contributed by atoms with Gasteiger partial charge in [0.05, 0.1) is 18.1 Å². The molecule has 8 nitrogen and oxygen atoms in total. The molecule has 1 saturated heterocycles. The van der Waals surface area contributed by atoms with Crippen molar-refractivity contribution in [1.29, 1.82) is 0 Å². The number of nitrogens with one attached hydrogen (secondary N) is 2. The number of fused-ring (bicyclic) bond motifs is 3. The Morgan fingerprint density at radius 2 is 2.11 bits per heavy atom. The van der Waals surface area contributed by atoms with Crippen molar-refractivity contribution in [2.45, 2.75) is 18.6 Å². The second-order valence-electron chi connectivity index (χ2n) is 6.42. The fraction of sp³-hybridized carbons (Fsp3) is 0.400. The van der Waals surface area contributed by atoms with Gasteiger partial charge in [-0.15, -0.1) is 10.2 Å². The van der Waals surface area contributed by atoms with Crippen LogP contribution < -0.4 is 9.62 Å². The lowest BCUT2D eigenvalue weighted by Gasteiger charge is -2.20. The van der Waals surface area contributed by atoms with Crippen LogP contribution >= 0.6 is 0 Å². The van der Waals surface area contributed by atoms with Crippen molar-refractivity contribution < 1.29 is 21.6 Å². The molecule has 1 unspecified atom stereocenters. The molecule has 4 heterocycles. The molecule has 1 aliphatic rings. The van der Waals surface area contributed by atoms with E-state index in [9.17, 15) is 21.6 Å². The average Bonchev–Trinajstić information content (AvgIpc) is 3.20. The van der Waals surface area contributed by atoms with Crippen LogP contribution in [0.3, 0.4) is 0 Å². The lowest BCUT2D eigenvalue weighted by atomic mass is 10.1. The molecule has 1 fully saturated rings. The van der Waals surface area contributed by atoms with Crippen LogP contribution in [0.2, 0.25) is 0 Å². The van der Waals surface area contributed by atoms with Crippen LogP contribution in [-0.2, 0) is 10.0 Å². The summed E-state index contributed by atoms with van der Waals surface area (Å²) in [4.78, 5) is 9.03. The van der Waals surface area contributed by atoms with Gasteiger partial charge in [0.15, 0.2) is 11.4 Å². The number of alkyl halides is 3. The van der Waals surface area contributed by atoms with E-state index in [2.05, 4.69) is 24.9 Å². The van der Waals surface area contributed by atoms with Gasteiger partial charge in [-0.1, -0.05) is 0 Å². The Morgan fingerprint density at radius 3 is 2.89 bits per heavy atom. The van der Waals surface area contributed by atoms with E-state index >= 15 is 0 Å². The highest BCUT2D eigenvalue weighted by Crippen LogP contribution is 2.32. The van der Waals surface area contributed by atoms with Gasteiger partial charge >= 0.3 is 6.18 Å². The van der Waals surface area contributed by atoms with E-state index < -0.39 is 28.0 Å². The van der Waals surface area contributed by atoms with E-state index in [1.807, 2.05) is 11.0 Å². The maximum Gasteiger partial charge on any atom is 0.404 e. The molecular weight excluding hydrogens is 385 g/mol. The maximum atomic E-state index is 12.4. The number of pyridine rings is 1. The van der Waals surface area contributed by atoms with Crippen LogP contribution in [0.25, 0.3) is 21.9 Å². The maximum absolute atomic E-state index is 12.4. The van der Waals surface area contributed by atoms with Gasteiger partial charge in [0.1, 0.15) is 5.52 Å². The third-order valence-corrected chi connectivity index (χ3v) is 5.79. The third-order valence-electron chi connectivity index (χ3n) is 4.39. The number of nitrogens with zero attached hydrogens (tertiary/aromatic N) is 4. The summed E-state index contributed by atoms with van der Waals surface area (Å²) < 4.78 is 62.8. The summed E-state index contributed by atoms with van der Waals surface area (Å²) in [6, 6.07) is 1.25. The number of anilines is 1. The number of hydrogen-bond donors (Lipinski definition) is 2. The van der Waals surface area contributed by atoms with Gasteiger partial charge in [0, 0.05) is 36.1 Å². The summed E-state index contributed by atoms with van der Waals surface area (Å²) in [7, 11) is -4.44. The van der Waals surface area contributed by atoms with Crippen molar-refractivity contribution >= 4 is 37.6 Å². The summed E-state index contributed by atoms with van der Waals surface area (Å²) in [5.41, 5.74) is 1.93. The number of rotatable bonds is 4. The first-order valence-corrected chi connectivity index (χ1v) is 9.76. The fourth-order valence-electron chi connectivity index (χ4n) is 3.37. The molecule has 1 atom stereocenters. The van der Waals surface area contributed by atoms with Crippen LogP contribution in [0.15, 0.2) is 24.7 Å². The molecule has 3 aromatic heterocycles. The monoisotopic (exact) mass is 400 g/mol. The highest BCUT2D eigenvalue weighted by atomic mass is 32.2. The average molecular weight is 400 g/mol. The van der Waals surface area contributed by atoms with Gasteiger partial charge in [0.25, 0.3) is 0 Å². The molecule has 1 aliphatic heterocycles. The van der Waals surface area contributed by atoms with Gasteiger partial charge in [-0.05, 0) is 12.5 Å². The minimum absolute atomic E-state index is 0.242. The minimum atomic E-state index is -4.78. The number of aromatic nitrogens is 4. The third kappa shape index (κ3) is 3.67. The minimum Gasteiger partial charge on any atom is -0.368 e. The zero-order valence-electron chi connectivity index (χ0n) is 13.9. The van der Waals surface area contributed by atoms with Crippen LogP contribution in [0, 0.1) is 0 Å². The molecule has 0 radical (unpaired) electrons. The van der Waals surface area contributed by atoms with Gasteiger partial charge in [-0.2, -0.15) is 13.2 Å². The van der Waals surface area contributed by atoms with Crippen molar-refractivity contribution in [1.82, 2.24) is 24.9 Å². The van der Waals surface area contributed by atoms with Crippen molar-refractivity contribution in [2.24, 2.45) is 0 Å². The van der Waals surface area contributed by atoms with Crippen molar-refractivity contribution in [3.8, 4) is 0 Å². The fourth-order valence-corrected chi connectivity index (χ4v) is 4.58. The Morgan fingerprint density at radius 1 is 1.30 bits per heavy atom. The zero-order chi connectivity index (χ0) is 19.2. The molecule has 12 heteroatoms. The highest BCUT2D eigenvalue weighted by Gasteiger charge is 2.37. The molecule has 27 heavy (non-hydrogen) atoms. The van der Waals surface area contributed by atoms with Crippen molar-refractivity contribution in [3.05, 3.63) is 24.7 Å². The predicted molar refractivity (Wildman–Crippen MR) is 92.8 cm³/mol. The first kappa shape index (κ1) is 17.9. The second-order valence-corrected chi connectivity index (χ2v) is 8.17. The Bertz CT molecular complexity index is 1100. The summed E-state index contributed by atoms with van der Waals surface area (Å²) in [6.45, 7) is 0.723. The first-order chi connectivity index (χ1) is 12.7. The van der Waals surface area contributed by atoms with E-state index in [0.717, 1.165) is 16.5 Å². The summed E-state index contributed by atoms with van der Waals surface area (Å²) in [6.07, 6.45) is 0.576. The Balaban J connectivity index is 1.60. The van der Waals surface area contributed by atoms with Crippen molar-refractivity contribution in [3.63, 3.8) is 0 Å². The number of H-pyrrole nitrogens is 1. The molecule has 3 aromatic rings. The van der Waals surface area contributed by atoms with Crippen LogP contribution in [0.4, 0.5) is 18.9 Å². The lowest BCUT2D eigenvalue weighted by molar-refractivity contribution is -0.106. The summed E-state index contributed by atoms with van der Waals surface area (Å²) >= 11 is 0. The predicted octanol–water partition coefficient (Wildman–Crippen LogP) is 1.57. The standard InChI is InChI=1S/C15H15F3N6O2S/c16-15(17,18)8-27(25,26)23-9-2-4-24(7-9)12-6-19-5-11-13(12)10-1-3-20-14(10)22-21-11/h1,3,5-6,9,23H,2,4,7-8H2,(H,20,22). The lowest BCUT2D eigenvalue weighted by Crippen LogP contribution is -2.41. The topological polar surface area (TPSA) is 104 Å². The van der Waals surface area contributed by atoms with Gasteiger partial charge in [0.2, 0.25) is 10.0 Å². The largest absolute Gasteiger partial charge is 0.404 e. The Kier molecular flexibility index (Phi) is 4.18. The number of halogens is 3. The summed E-state index contributed by atoms with van der Waals surface area (Å²) in [5, 5.41) is 9.86. The quantitative estimate of drug-likeness (QED) is 0.689. The number of hydrogen-bond acceptors (Lipinski definition) is 6. The molecule has 0 spiro atoms. The van der Waals surface area contributed by atoms with E-state index in [-0.39, 0.29) is 6.54 Å². The van der Waals surface area contributed by atoms with Crippen LogP contribution in [0.1, 0.15) is 6.42 Å². The van der Waals surface area contributed by atoms with E-state index in [1.165, 1.54) is 0 Å². The second kappa shape index (κ2) is 6.30. The normalized spacial score (nSPS) is 18.6. The molecule has 2 N–H and O–H groups in total. The van der Waals surface area contributed by atoms with E-state index in [4.69, 9.17) is 0 Å². The molecule has 0 amide bonds. The molecular formula is C15H15F3N6O2S. The number of sulfonamides is 1. The molecule has 0 saturated carbocycles. The van der Waals surface area contributed by atoms with E-state index in [1.54, 1.807) is 18.6 Å². The van der Waals surface area contributed by atoms with Gasteiger partial charge in [-0.25, -0.2) is 13.1 Å². The van der Waals surface area contributed by atoms with Crippen molar-refractivity contribution in [2.75, 3.05) is 23.7 Å².